The first-order valence-corrected chi connectivity index (χ1v) is 9.54. The minimum Gasteiger partial charge on any atom is -0.343 e. The van der Waals surface area contributed by atoms with E-state index in [9.17, 15) is 9.59 Å². The normalized spacial score (nSPS) is 13.9. The molecular formula is C21H23N5O2. The molecule has 3 aromatic rings. The van der Waals surface area contributed by atoms with Crippen LogP contribution < -0.4 is 4.90 Å². The van der Waals surface area contributed by atoms with Gasteiger partial charge < -0.3 is 9.80 Å². The minimum absolute atomic E-state index is 0.0576. The largest absolute Gasteiger partial charge is 0.343 e. The third kappa shape index (κ3) is 3.83. The smallest absolute Gasteiger partial charge is 0.259 e. The highest BCUT2D eigenvalue weighted by Gasteiger charge is 2.22. The van der Waals surface area contributed by atoms with Gasteiger partial charge in [-0.3, -0.25) is 14.3 Å². The van der Waals surface area contributed by atoms with E-state index in [-0.39, 0.29) is 11.8 Å². The van der Waals surface area contributed by atoms with E-state index >= 15 is 0 Å². The molecule has 1 fully saturated rings. The summed E-state index contributed by atoms with van der Waals surface area (Å²) in [7, 11) is 0. The molecular weight excluding hydrogens is 354 g/mol. The molecule has 0 N–H and O–H groups in total. The number of para-hydroxylation sites is 1. The number of carbonyl (C=O) groups excluding carboxylic acids is 2. The zero-order valence-electron chi connectivity index (χ0n) is 15.6. The number of imidazole rings is 1. The number of carbonyl (C=O) groups is 2. The van der Waals surface area contributed by atoms with Gasteiger partial charge >= 0.3 is 0 Å². The van der Waals surface area contributed by atoms with Crippen LogP contribution in [0.2, 0.25) is 0 Å². The molecule has 7 heteroatoms. The summed E-state index contributed by atoms with van der Waals surface area (Å²) in [5.41, 5.74) is 1.46. The van der Waals surface area contributed by atoms with Gasteiger partial charge in [-0.1, -0.05) is 18.2 Å². The van der Waals surface area contributed by atoms with E-state index in [2.05, 4.69) is 4.98 Å². The molecule has 1 aliphatic heterocycles. The van der Waals surface area contributed by atoms with Gasteiger partial charge in [0.1, 0.15) is 6.33 Å². The Morgan fingerprint density at radius 2 is 1.96 bits per heavy atom. The Morgan fingerprint density at radius 3 is 2.68 bits per heavy atom. The lowest BCUT2D eigenvalue weighted by Crippen LogP contribution is -2.34. The molecule has 1 saturated heterocycles. The minimum atomic E-state index is -0.0576. The maximum Gasteiger partial charge on any atom is 0.259 e. The van der Waals surface area contributed by atoms with E-state index < -0.39 is 0 Å². The number of anilines is 1. The number of benzene rings is 1. The number of rotatable bonds is 7. The fraction of sp³-hybridized carbons (Fsp3) is 0.286. The Labute approximate surface area is 163 Å². The first-order valence-electron chi connectivity index (χ1n) is 9.54. The van der Waals surface area contributed by atoms with Gasteiger partial charge in [-0.25, -0.2) is 9.66 Å². The van der Waals surface area contributed by atoms with Crippen LogP contribution in [-0.2, 0) is 4.79 Å². The highest BCUT2D eigenvalue weighted by atomic mass is 16.2. The summed E-state index contributed by atoms with van der Waals surface area (Å²) in [6.07, 6.45) is 11.1. The molecule has 1 aliphatic rings. The number of amides is 2. The van der Waals surface area contributed by atoms with Gasteiger partial charge in [0.05, 0.1) is 5.56 Å². The molecule has 4 rings (SSSR count). The lowest BCUT2D eigenvalue weighted by molar-refractivity contribution is -0.127. The average molecular weight is 377 g/mol. The van der Waals surface area contributed by atoms with Crippen LogP contribution in [-0.4, -0.2) is 50.7 Å². The zero-order chi connectivity index (χ0) is 19.3. The summed E-state index contributed by atoms with van der Waals surface area (Å²) in [6.45, 7) is 2.07. The quantitative estimate of drug-likeness (QED) is 0.636. The van der Waals surface area contributed by atoms with Crippen LogP contribution in [0.1, 0.15) is 29.6 Å². The Hall–Kier alpha value is -3.35. The number of aromatic nitrogens is 3. The predicted octanol–water partition coefficient (Wildman–Crippen LogP) is 2.66. The van der Waals surface area contributed by atoms with Crippen LogP contribution >= 0.6 is 0 Å². The third-order valence-electron chi connectivity index (χ3n) is 4.98. The summed E-state index contributed by atoms with van der Waals surface area (Å²) in [6, 6.07) is 11.5. The van der Waals surface area contributed by atoms with Crippen molar-refractivity contribution in [3.8, 4) is 0 Å². The standard InChI is InChI=1S/C21H23N5O2/c27-20-8-4-11-23(20)12-5-13-26(19-6-2-1-3-7-19)21(28)18-9-14-24(16-18)25-15-10-22-17-25/h1-3,6-7,9-10,14-17H,4-5,8,11-13H2. The van der Waals surface area contributed by atoms with Crippen LogP contribution in [0.4, 0.5) is 5.69 Å². The van der Waals surface area contributed by atoms with Gasteiger partial charge in [0.25, 0.3) is 5.91 Å². The van der Waals surface area contributed by atoms with Crippen molar-refractivity contribution in [1.29, 1.82) is 0 Å². The van der Waals surface area contributed by atoms with Crippen molar-refractivity contribution < 1.29 is 9.59 Å². The third-order valence-corrected chi connectivity index (χ3v) is 4.98. The van der Waals surface area contributed by atoms with Crippen molar-refractivity contribution in [2.75, 3.05) is 24.5 Å². The average Bonchev–Trinajstić information content (AvgIpc) is 3.47. The van der Waals surface area contributed by atoms with Crippen LogP contribution in [0, 0.1) is 0 Å². The van der Waals surface area contributed by atoms with Crippen molar-refractivity contribution >= 4 is 17.5 Å². The molecule has 0 radical (unpaired) electrons. The van der Waals surface area contributed by atoms with Crippen molar-refractivity contribution in [2.24, 2.45) is 0 Å². The monoisotopic (exact) mass is 377 g/mol. The van der Waals surface area contributed by atoms with E-state index in [1.54, 1.807) is 28.3 Å². The van der Waals surface area contributed by atoms with Gasteiger partial charge in [-0.2, -0.15) is 0 Å². The fourth-order valence-electron chi connectivity index (χ4n) is 3.52. The Balaban J connectivity index is 1.50. The highest BCUT2D eigenvalue weighted by Crippen LogP contribution is 2.18. The van der Waals surface area contributed by atoms with Crippen molar-refractivity contribution in [2.45, 2.75) is 19.3 Å². The Bertz CT molecular complexity index is 933. The van der Waals surface area contributed by atoms with Crippen molar-refractivity contribution in [3.05, 3.63) is 73.1 Å². The van der Waals surface area contributed by atoms with Crippen LogP contribution in [0.25, 0.3) is 0 Å². The second kappa shape index (κ2) is 8.12. The number of likely N-dealkylation sites (tertiary alicyclic amines) is 1. The van der Waals surface area contributed by atoms with Gasteiger partial charge in [0, 0.05) is 56.5 Å². The second-order valence-corrected chi connectivity index (χ2v) is 6.85. The molecule has 2 aromatic heterocycles. The van der Waals surface area contributed by atoms with Crippen molar-refractivity contribution in [1.82, 2.24) is 19.2 Å². The van der Waals surface area contributed by atoms with E-state index in [1.165, 1.54) is 0 Å². The van der Waals surface area contributed by atoms with E-state index in [4.69, 9.17) is 0 Å². The topological polar surface area (TPSA) is 63.4 Å². The molecule has 2 amide bonds. The molecule has 7 nitrogen and oxygen atoms in total. The molecule has 0 bridgehead atoms. The Morgan fingerprint density at radius 1 is 1.11 bits per heavy atom. The molecule has 0 unspecified atom stereocenters. The molecule has 144 valence electrons. The molecule has 0 spiro atoms. The van der Waals surface area contributed by atoms with E-state index in [0.717, 1.165) is 25.1 Å². The van der Waals surface area contributed by atoms with Gasteiger partial charge in [-0.05, 0) is 31.0 Å². The second-order valence-electron chi connectivity index (χ2n) is 6.85. The zero-order valence-corrected chi connectivity index (χ0v) is 15.6. The molecule has 0 aliphatic carbocycles. The van der Waals surface area contributed by atoms with Crippen LogP contribution in [0.5, 0.6) is 0 Å². The molecule has 0 saturated carbocycles. The summed E-state index contributed by atoms with van der Waals surface area (Å²) >= 11 is 0. The SMILES string of the molecule is O=C1CCCN1CCCN(C(=O)c1ccn(-n2ccnc2)c1)c1ccccc1. The van der Waals surface area contributed by atoms with Gasteiger partial charge in [0.2, 0.25) is 5.91 Å². The van der Waals surface area contributed by atoms with E-state index in [1.807, 2.05) is 58.4 Å². The maximum atomic E-state index is 13.2. The van der Waals surface area contributed by atoms with Gasteiger partial charge in [0.15, 0.2) is 0 Å². The summed E-state index contributed by atoms with van der Waals surface area (Å²) in [5.74, 6) is 0.160. The van der Waals surface area contributed by atoms with Gasteiger partial charge in [-0.15, -0.1) is 0 Å². The number of nitrogens with zero attached hydrogens (tertiary/aromatic N) is 5. The first kappa shape index (κ1) is 18.0. The Kier molecular flexibility index (Phi) is 5.23. The lowest BCUT2D eigenvalue weighted by atomic mass is 10.2. The maximum absolute atomic E-state index is 13.2. The lowest BCUT2D eigenvalue weighted by Gasteiger charge is -2.24. The van der Waals surface area contributed by atoms with Crippen LogP contribution in [0.3, 0.4) is 0 Å². The summed E-state index contributed by atoms with van der Waals surface area (Å²) in [4.78, 5) is 32.8. The molecule has 1 aromatic carbocycles. The first-order chi connectivity index (χ1) is 13.7. The molecule has 0 atom stereocenters. The summed E-state index contributed by atoms with van der Waals surface area (Å²) < 4.78 is 3.61. The highest BCUT2D eigenvalue weighted by molar-refractivity contribution is 6.06. The predicted molar refractivity (Wildman–Crippen MR) is 106 cm³/mol. The van der Waals surface area contributed by atoms with E-state index in [0.29, 0.717) is 25.1 Å². The number of hydrogen-bond acceptors (Lipinski definition) is 3. The fourth-order valence-corrected chi connectivity index (χ4v) is 3.52. The summed E-state index contributed by atoms with van der Waals surface area (Å²) in [5, 5.41) is 0. The van der Waals surface area contributed by atoms with Crippen molar-refractivity contribution in [3.63, 3.8) is 0 Å². The molecule has 28 heavy (non-hydrogen) atoms. The van der Waals surface area contributed by atoms with Crippen LogP contribution in [0.15, 0.2) is 67.5 Å². The number of hydrogen-bond donors (Lipinski definition) is 0. The molecule has 3 heterocycles.